The number of piperidine rings is 2. The van der Waals surface area contributed by atoms with Gasteiger partial charge in [0.25, 0.3) is 0 Å². The number of rotatable bonds is 3. The minimum atomic E-state index is -4.16. The Labute approximate surface area is 155 Å². The van der Waals surface area contributed by atoms with Crippen molar-refractivity contribution in [2.45, 2.75) is 64.5 Å². The highest BCUT2D eigenvalue weighted by Crippen LogP contribution is 2.40. The molecule has 0 aromatic carbocycles. The summed E-state index contributed by atoms with van der Waals surface area (Å²) >= 11 is 0. The molecule has 2 saturated heterocycles. The highest BCUT2D eigenvalue weighted by Gasteiger charge is 2.44. The van der Waals surface area contributed by atoms with E-state index in [-0.39, 0.29) is 18.7 Å². The first-order chi connectivity index (χ1) is 12.3. The molecule has 1 saturated carbocycles. The number of carbonyl (C=O) groups excluding carboxylic acids is 1. The normalized spacial score (nSPS) is 32.6. The summed E-state index contributed by atoms with van der Waals surface area (Å²) in [5.74, 6) is -0.450. The molecule has 26 heavy (non-hydrogen) atoms. The molecule has 2 heterocycles. The topological polar surface area (TPSA) is 23.6 Å². The van der Waals surface area contributed by atoms with Crippen LogP contribution in [0.2, 0.25) is 0 Å². The average Bonchev–Trinajstić information content (AvgIpc) is 2.63. The van der Waals surface area contributed by atoms with Crippen LogP contribution in [-0.2, 0) is 4.79 Å². The van der Waals surface area contributed by atoms with Gasteiger partial charge in [-0.15, -0.1) is 0 Å². The lowest BCUT2D eigenvalue weighted by atomic mass is 9.80. The highest BCUT2D eigenvalue weighted by atomic mass is 19.4. The van der Waals surface area contributed by atoms with Crippen molar-refractivity contribution in [3.8, 4) is 0 Å². The van der Waals surface area contributed by atoms with Crippen molar-refractivity contribution in [2.75, 3.05) is 32.7 Å². The van der Waals surface area contributed by atoms with Crippen LogP contribution >= 0.6 is 0 Å². The third-order valence-corrected chi connectivity index (χ3v) is 6.71. The lowest BCUT2D eigenvalue weighted by molar-refractivity contribution is -0.187. The second kappa shape index (κ2) is 8.49. The van der Waals surface area contributed by atoms with Gasteiger partial charge in [0.05, 0.1) is 5.92 Å². The maximum atomic E-state index is 13.0. The van der Waals surface area contributed by atoms with Gasteiger partial charge in [-0.05, 0) is 69.9 Å². The Balaban J connectivity index is 1.51. The molecule has 0 spiro atoms. The number of hydrogen-bond acceptors (Lipinski definition) is 2. The van der Waals surface area contributed by atoms with Crippen LogP contribution in [0.1, 0.15) is 58.3 Å². The van der Waals surface area contributed by atoms with Crippen molar-refractivity contribution >= 4 is 5.91 Å². The lowest BCUT2D eigenvalue weighted by Crippen LogP contribution is -2.47. The van der Waals surface area contributed by atoms with Gasteiger partial charge in [-0.3, -0.25) is 4.79 Å². The molecule has 2 aliphatic heterocycles. The molecule has 3 nitrogen and oxygen atoms in total. The lowest BCUT2D eigenvalue weighted by Gasteiger charge is -2.40. The van der Waals surface area contributed by atoms with E-state index in [2.05, 4.69) is 11.8 Å². The van der Waals surface area contributed by atoms with Gasteiger partial charge in [-0.2, -0.15) is 13.2 Å². The zero-order chi connectivity index (χ0) is 18.7. The van der Waals surface area contributed by atoms with E-state index in [1.54, 1.807) is 0 Å². The van der Waals surface area contributed by atoms with E-state index in [1.165, 1.54) is 12.8 Å². The van der Waals surface area contributed by atoms with E-state index in [4.69, 9.17) is 0 Å². The van der Waals surface area contributed by atoms with Crippen molar-refractivity contribution in [3.63, 3.8) is 0 Å². The second-order valence-electron chi connectivity index (χ2n) is 8.88. The number of amides is 1. The Morgan fingerprint density at radius 2 is 1.73 bits per heavy atom. The smallest absolute Gasteiger partial charge is 0.342 e. The monoisotopic (exact) mass is 374 g/mol. The van der Waals surface area contributed by atoms with Crippen LogP contribution in [0.4, 0.5) is 13.2 Å². The molecule has 0 bridgehead atoms. The molecule has 3 rings (SSSR count). The largest absolute Gasteiger partial charge is 0.391 e. The van der Waals surface area contributed by atoms with Crippen LogP contribution in [0, 0.1) is 23.7 Å². The number of halogens is 3. The first-order valence-electron chi connectivity index (χ1n) is 10.4. The molecule has 0 aromatic heterocycles. The maximum absolute atomic E-state index is 13.0. The van der Waals surface area contributed by atoms with Crippen molar-refractivity contribution in [3.05, 3.63) is 0 Å². The molecule has 0 aromatic rings. The Kier molecular flexibility index (Phi) is 6.52. The molecule has 0 N–H and O–H groups in total. The number of carbonyl (C=O) groups is 1. The van der Waals surface area contributed by atoms with Crippen LogP contribution in [0.3, 0.4) is 0 Å². The predicted octanol–water partition coefficient (Wildman–Crippen LogP) is 4.33. The van der Waals surface area contributed by atoms with E-state index in [0.29, 0.717) is 18.8 Å². The van der Waals surface area contributed by atoms with E-state index >= 15 is 0 Å². The van der Waals surface area contributed by atoms with Gasteiger partial charge in [0.2, 0.25) is 5.91 Å². The third-order valence-electron chi connectivity index (χ3n) is 6.71. The number of likely N-dealkylation sites (tertiary alicyclic amines) is 2. The summed E-state index contributed by atoms with van der Waals surface area (Å²) < 4.78 is 39.1. The minimum absolute atomic E-state index is 0.00644. The third kappa shape index (κ3) is 5.14. The molecule has 1 aliphatic carbocycles. The van der Waals surface area contributed by atoms with Crippen LogP contribution in [0.25, 0.3) is 0 Å². The van der Waals surface area contributed by atoms with Crippen LogP contribution < -0.4 is 0 Å². The van der Waals surface area contributed by atoms with Gasteiger partial charge in [0.15, 0.2) is 0 Å². The Morgan fingerprint density at radius 1 is 1.00 bits per heavy atom. The molecule has 0 unspecified atom stereocenters. The van der Waals surface area contributed by atoms with Crippen molar-refractivity contribution in [1.82, 2.24) is 9.80 Å². The second-order valence-corrected chi connectivity index (χ2v) is 8.88. The number of hydrogen-bond donors (Lipinski definition) is 0. The predicted molar refractivity (Wildman–Crippen MR) is 95.6 cm³/mol. The molecule has 1 amide bonds. The molecule has 0 radical (unpaired) electrons. The Bertz CT molecular complexity index is 474. The SMILES string of the molecule is CC1CCN(C[C@@H]2CCCN(C(=O)[C@H]3CCC[C@H](C(F)(F)F)C3)C2)CC1. The van der Waals surface area contributed by atoms with E-state index in [1.807, 2.05) is 4.90 Å². The van der Waals surface area contributed by atoms with Gasteiger partial charge in [-0.1, -0.05) is 13.3 Å². The summed E-state index contributed by atoms with van der Waals surface area (Å²) in [5, 5.41) is 0. The van der Waals surface area contributed by atoms with Crippen LogP contribution in [-0.4, -0.2) is 54.6 Å². The molecular formula is C20H33F3N2O. The first-order valence-corrected chi connectivity index (χ1v) is 10.4. The zero-order valence-corrected chi connectivity index (χ0v) is 15.9. The van der Waals surface area contributed by atoms with Crippen molar-refractivity contribution in [2.24, 2.45) is 23.7 Å². The van der Waals surface area contributed by atoms with E-state index in [0.717, 1.165) is 51.5 Å². The molecule has 6 heteroatoms. The molecule has 3 fully saturated rings. The van der Waals surface area contributed by atoms with Gasteiger partial charge < -0.3 is 9.80 Å². The maximum Gasteiger partial charge on any atom is 0.391 e. The van der Waals surface area contributed by atoms with Crippen LogP contribution in [0.15, 0.2) is 0 Å². The number of nitrogens with zero attached hydrogens (tertiary/aromatic N) is 2. The zero-order valence-electron chi connectivity index (χ0n) is 15.9. The molecule has 150 valence electrons. The fourth-order valence-electron chi connectivity index (χ4n) is 4.99. The summed E-state index contributed by atoms with van der Waals surface area (Å²) in [5.41, 5.74) is 0. The Hall–Kier alpha value is -0.780. The van der Waals surface area contributed by atoms with Crippen molar-refractivity contribution < 1.29 is 18.0 Å². The summed E-state index contributed by atoms with van der Waals surface area (Å²) in [6.45, 7) is 7.07. The van der Waals surface area contributed by atoms with E-state index in [9.17, 15) is 18.0 Å². The van der Waals surface area contributed by atoms with Gasteiger partial charge in [-0.25, -0.2) is 0 Å². The molecular weight excluding hydrogens is 341 g/mol. The number of alkyl halides is 3. The molecule has 3 atom stereocenters. The van der Waals surface area contributed by atoms with Gasteiger partial charge in [0.1, 0.15) is 0 Å². The van der Waals surface area contributed by atoms with E-state index < -0.39 is 18.0 Å². The average molecular weight is 374 g/mol. The summed E-state index contributed by atoms with van der Waals surface area (Å²) in [6.07, 6.45) is 1.76. The summed E-state index contributed by atoms with van der Waals surface area (Å²) in [4.78, 5) is 17.2. The van der Waals surface area contributed by atoms with Crippen molar-refractivity contribution in [1.29, 1.82) is 0 Å². The summed E-state index contributed by atoms with van der Waals surface area (Å²) in [6, 6.07) is 0. The molecule has 3 aliphatic rings. The standard InChI is InChI=1S/C20H33F3N2O/c1-15-7-10-24(11-8-15)13-16-4-3-9-25(14-16)19(26)17-5-2-6-18(12-17)20(21,22)23/h15-18H,2-14H2,1H3/t16-,17-,18-/m0/s1. The minimum Gasteiger partial charge on any atom is -0.342 e. The van der Waals surface area contributed by atoms with Gasteiger partial charge >= 0.3 is 6.18 Å². The Morgan fingerprint density at radius 3 is 2.42 bits per heavy atom. The van der Waals surface area contributed by atoms with Gasteiger partial charge in [0, 0.05) is 25.6 Å². The fourth-order valence-corrected chi connectivity index (χ4v) is 4.99. The highest BCUT2D eigenvalue weighted by molar-refractivity contribution is 5.79. The summed E-state index contributed by atoms with van der Waals surface area (Å²) in [7, 11) is 0. The quantitative estimate of drug-likeness (QED) is 0.734. The van der Waals surface area contributed by atoms with Crippen LogP contribution in [0.5, 0.6) is 0 Å². The first kappa shape index (κ1) is 20.0. The fraction of sp³-hybridized carbons (Fsp3) is 0.950.